The van der Waals surface area contributed by atoms with E-state index in [2.05, 4.69) is 5.32 Å². The molecule has 1 N–H and O–H groups in total. The first-order valence-corrected chi connectivity index (χ1v) is 12.8. The van der Waals surface area contributed by atoms with Crippen LogP contribution in [0.5, 0.6) is 0 Å². The van der Waals surface area contributed by atoms with Crippen molar-refractivity contribution in [3.05, 3.63) is 95.6 Å². The molecule has 0 fully saturated rings. The maximum Gasteiger partial charge on any atom is 0.251 e. The number of carbonyl (C=O) groups excluding carboxylic acids is 2. The van der Waals surface area contributed by atoms with Crippen molar-refractivity contribution in [3.63, 3.8) is 0 Å². The molecule has 0 bridgehead atoms. The third-order valence-electron chi connectivity index (χ3n) is 5.82. The van der Waals surface area contributed by atoms with Crippen LogP contribution in [0.2, 0.25) is 0 Å². The molecule has 1 atom stereocenters. The molecular formula is C26H26N2O4S. The summed E-state index contributed by atoms with van der Waals surface area (Å²) in [4.78, 5) is 28.2. The number of sulfone groups is 1. The van der Waals surface area contributed by atoms with Crippen molar-refractivity contribution in [2.75, 3.05) is 17.7 Å². The predicted octanol–water partition coefficient (Wildman–Crippen LogP) is 3.93. The molecule has 0 aliphatic carbocycles. The Balaban J connectivity index is 1.58. The number of fused-ring (bicyclic) bond motifs is 1. The minimum atomic E-state index is -3.32. The van der Waals surface area contributed by atoms with Gasteiger partial charge in [0.05, 0.1) is 17.4 Å². The summed E-state index contributed by atoms with van der Waals surface area (Å²) < 4.78 is 23.9. The Hall–Kier alpha value is -3.45. The van der Waals surface area contributed by atoms with Gasteiger partial charge < -0.3 is 10.2 Å². The van der Waals surface area contributed by atoms with Gasteiger partial charge in [0.1, 0.15) is 0 Å². The lowest BCUT2D eigenvalue weighted by molar-refractivity contribution is -0.119. The number of aryl methyl sites for hydroxylation is 1. The van der Waals surface area contributed by atoms with Gasteiger partial charge in [-0.25, -0.2) is 8.42 Å². The molecule has 1 aliphatic rings. The van der Waals surface area contributed by atoms with Crippen molar-refractivity contribution in [1.82, 2.24) is 5.32 Å². The fourth-order valence-electron chi connectivity index (χ4n) is 4.12. The van der Waals surface area contributed by atoms with Gasteiger partial charge in [0.15, 0.2) is 9.84 Å². The van der Waals surface area contributed by atoms with Crippen LogP contribution in [0.15, 0.2) is 83.8 Å². The van der Waals surface area contributed by atoms with Crippen LogP contribution in [0.25, 0.3) is 0 Å². The molecule has 170 valence electrons. The topological polar surface area (TPSA) is 83.6 Å². The number of carbonyl (C=O) groups is 2. The summed E-state index contributed by atoms with van der Waals surface area (Å²) in [6.45, 7) is 0.554. The van der Waals surface area contributed by atoms with Gasteiger partial charge in [-0.15, -0.1) is 0 Å². The molecule has 3 aromatic rings. The van der Waals surface area contributed by atoms with Crippen LogP contribution in [0.3, 0.4) is 0 Å². The molecule has 4 rings (SSSR count). The Morgan fingerprint density at radius 3 is 2.30 bits per heavy atom. The Morgan fingerprint density at radius 2 is 1.64 bits per heavy atom. The van der Waals surface area contributed by atoms with Crippen molar-refractivity contribution >= 4 is 27.3 Å². The molecule has 2 amide bonds. The highest BCUT2D eigenvalue weighted by molar-refractivity contribution is 7.90. The highest BCUT2D eigenvalue weighted by atomic mass is 32.2. The summed E-state index contributed by atoms with van der Waals surface area (Å²) in [6, 6.07) is 22.8. The fourth-order valence-corrected chi connectivity index (χ4v) is 4.79. The Bertz CT molecular complexity index is 1260. The predicted molar refractivity (Wildman–Crippen MR) is 128 cm³/mol. The van der Waals surface area contributed by atoms with Crippen LogP contribution >= 0.6 is 0 Å². The van der Waals surface area contributed by atoms with E-state index in [1.165, 1.54) is 6.26 Å². The van der Waals surface area contributed by atoms with Crippen LogP contribution in [0, 0.1) is 0 Å². The zero-order valence-corrected chi connectivity index (χ0v) is 19.2. The second-order valence-corrected chi connectivity index (χ2v) is 10.2. The Morgan fingerprint density at radius 1 is 0.970 bits per heavy atom. The van der Waals surface area contributed by atoms with Crippen LogP contribution in [0.1, 0.15) is 40.4 Å². The van der Waals surface area contributed by atoms with Gasteiger partial charge in [0.2, 0.25) is 5.91 Å². The molecule has 3 aromatic carbocycles. The number of nitrogens with zero attached hydrogens (tertiary/aromatic N) is 1. The summed E-state index contributed by atoms with van der Waals surface area (Å²) >= 11 is 0. The van der Waals surface area contributed by atoms with Crippen molar-refractivity contribution in [2.24, 2.45) is 0 Å². The quantitative estimate of drug-likeness (QED) is 0.602. The molecule has 33 heavy (non-hydrogen) atoms. The van der Waals surface area contributed by atoms with Crippen LogP contribution in [-0.4, -0.2) is 33.0 Å². The smallest absolute Gasteiger partial charge is 0.251 e. The van der Waals surface area contributed by atoms with E-state index in [9.17, 15) is 18.0 Å². The lowest BCUT2D eigenvalue weighted by Gasteiger charge is -2.31. The van der Waals surface area contributed by atoms with Crippen LogP contribution in [0.4, 0.5) is 5.69 Å². The van der Waals surface area contributed by atoms with E-state index in [1.54, 1.807) is 47.4 Å². The lowest BCUT2D eigenvalue weighted by Crippen LogP contribution is -2.39. The van der Waals surface area contributed by atoms with E-state index in [-0.39, 0.29) is 23.1 Å². The molecular weight excluding hydrogens is 436 g/mol. The molecule has 1 heterocycles. The highest BCUT2D eigenvalue weighted by Gasteiger charge is 2.27. The zero-order chi connectivity index (χ0) is 23.4. The minimum Gasteiger partial charge on any atom is -0.345 e. The average molecular weight is 463 g/mol. The summed E-state index contributed by atoms with van der Waals surface area (Å²) in [5, 5.41) is 3.01. The molecule has 7 heteroatoms. The normalized spacial score (nSPS) is 14.3. The maximum atomic E-state index is 13.4. The number of benzene rings is 3. The van der Waals surface area contributed by atoms with Gasteiger partial charge in [0, 0.05) is 24.1 Å². The zero-order valence-electron chi connectivity index (χ0n) is 18.4. The van der Waals surface area contributed by atoms with Crippen LogP contribution < -0.4 is 10.2 Å². The highest BCUT2D eigenvalue weighted by Crippen LogP contribution is 2.31. The van der Waals surface area contributed by atoms with Crippen molar-refractivity contribution in [2.45, 2.75) is 30.2 Å². The molecule has 0 spiro atoms. The fraction of sp³-hybridized carbons (Fsp3) is 0.231. The van der Waals surface area contributed by atoms with Crippen LogP contribution in [-0.2, 0) is 21.1 Å². The third-order valence-corrected chi connectivity index (χ3v) is 6.93. The number of amides is 2. The molecule has 6 nitrogen and oxygen atoms in total. The van der Waals surface area contributed by atoms with Gasteiger partial charge in [0.25, 0.3) is 5.91 Å². The molecule has 0 saturated carbocycles. The van der Waals surface area contributed by atoms with Gasteiger partial charge in [-0.3, -0.25) is 9.59 Å². The second kappa shape index (κ2) is 9.58. The number of anilines is 1. The van der Waals surface area contributed by atoms with Crippen molar-refractivity contribution in [3.8, 4) is 0 Å². The first-order chi connectivity index (χ1) is 15.8. The Labute approximate surface area is 194 Å². The average Bonchev–Trinajstić information content (AvgIpc) is 2.83. The molecule has 0 saturated heterocycles. The largest absolute Gasteiger partial charge is 0.345 e. The van der Waals surface area contributed by atoms with Crippen molar-refractivity contribution in [1.29, 1.82) is 0 Å². The summed E-state index contributed by atoms with van der Waals surface area (Å²) in [7, 11) is -3.32. The maximum absolute atomic E-state index is 13.4. The van der Waals surface area contributed by atoms with Crippen molar-refractivity contribution < 1.29 is 18.0 Å². The first-order valence-electron chi connectivity index (χ1n) is 10.9. The first kappa shape index (κ1) is 22.7. The summed E-state index contributed by atoms with van der Waals surface area (Å²) in [6.07, 6.45) is 2.74. The summed E-state index contributed by atoms with van der Waals surface area (Å²) in [5.41, 5.74) is 2.96. The monoisotopic (exact) mass is 462 g/mol. The second-order valence-electron chi connectivity index (χ2n) is 8.22. The molecule has 1 aliphatic heterocycles. The number of nitrogens with one attached hydrogen (secondary N) is 1. The third kappa shape index (κ3) is 5.31. The SMILES string of the molecule is CS(=O)(=O)c1ccc2c(c1)CCCN2C(=O)CC(NC(=O)c1ccccc1)c1ccccc1. The van der Waals surface area contributed by atoms with Gasteiger partial charge >= 0.3 is 0 Å². The van der Waals surface area contributed by atoms with E-state index < -0.39 is 15.9 Å². The van der Waals surface area contributed by atoms with E-state index in [4.69, 9.17) is 0 Å². The molecule has 0 radical (unpaired) electrons. The lowest BCUT2D eigenvalue weighted by atomic mass is 9.98. The van der Waals surface area contributed by atoms with E-state index in [0.29, 0.717) is 12.1 Å². The van der Waals surface area contributed by atoms with Gasteiger partial charge in [-0.2, -0.15) is 0 Å². The number of hydrogen-bond acceptors (Lipinski definition) is 4. The number of hydrogen-bond donors (Lipinski definition) is 1. The minimum absolute atomic E-state index is 0.0931. The summed E-state index contributed by atoms with van der Waals surface area (Å²) in [5.74, 6) is -0.362. The molecule has 0 aromatic heterocycles. The number of rotatable bonds is 6. The van der Waals surface area contributed by atoms with E-state index >= 15 is 0 Å². The van der Waals surface area contributed by atoms with E-state index in [1.807, 2.05) is 36.4 Å². The standard InChI is InChI=1S/C26H26N2O4S/c1-33(31,32)22-14-15-24-21(17-22)13-8-16-28(24)25(29)18-23(19-9-4-2-5-10-19)27-26(30)20-11-6-3-7-12-20/h2-7,9-12,14-15,17,23H,8,13,16,18H2,1H3,(H,27,30). The van der Waals surface area contributed by atoms with Gasteiger partial charge in [-0.05, 0) is 54.3 Å². The molecule has 1 unspecified atom stereocenters. The Kier molecular flexibility index (Phi) is 6.60. The van der Waals surface area contributed by atoms with Gasteiger partial charge in [-0.1, -0.05) is 48.5 Å². The van der Waals surface area contributed by atoms with E-state index in [0.717, 1.165) is 29.7 Å².